The highest BCUT2D eigenvalue weighted by Crippen LogP contribution is 2.24. The number of nitrogens with zero attached hydrogens (tertiary/aromatic N) is 3. The number of hydrogen-bond acceptors (Lipinski definition) is 4. The van der Waals surface area contributed by atoms with Gasteiger partial charge in [-0.1, -0.05) is 40.0 Å². The molecule has 2 rings (SSSR count). The van der Waals surface area contributed by atoms with Crippen LogP contribution in [0.15, 0.2) is 24.5 Å². The molecule has 0 amide bonds. The molecule has 4 nitrogen and oxygen atoms in total. The van der Waals surface area contributed by atoms with Crippen molar-refractivity contribution >= 4 is 17.0 Å². The van der Waals surface area contributed by atoms with Crippen molar-refractivity contribution in [3.8, 4) is 0 Å². The molecule has 2 aromatic heterocycles. The second-order valence-corrected chi connectivity index (χ2v) is 6.07. The van der Waals surface area contributed by atoms with Crippen molar-refractivity contribution in [2.75, 3.05) is 11.9 Å². The Morgan fingerprint density at radius 3 is 2.70 bits per heavy atom. The maximum atomic E-state index is 4.49. The van der Waals surface area contributed by atoms with E-state index in [0.717, 1.165) is 17.9 Å². The number of hydrogen-bond donors (Lipinski definition) is 1. The van der Waals surface area contributed by atoms with Crippen LogP contribution in [0.2, 0.25) is 0 Å². The van der Waals surface area contributed by atoms with Crippen LogP contribution in [0.5, 0.6) is 0 Å². The largest absolute Gasteiger partial charge is 0.369 e. The molecule has 1 N–H and O–H groups in total. The maximum absolute atomic E-state index is 4.49. The standard InChI is InChI=1S/C16H24N4/c1-4-5-6-9-16(2,3)12-19-14-8-7-13-15(20-14)18-11-10-17-13/h7-8,10-11H,4-6,9,12H2,1-3H3,(H,18,19,20). The van der Waals surface area contributed by atoms with Crippen molar-refractivity contribution in [3.63, 3.8) is 0 Å². The Balaban J connectivity index is 1.94. The van der Waals surface area contributed by atoms with Gasteiger partial charge in [-0.05, 0) is 24.0 Å². The summed E-state index contributed by atoms with van der Waals surface area (Å²) < 4.78 is 0. The Morgan fingerprint density at radius 2 is 1.90 bits per heavy atom. The average molecular weight is 272 g/mol. The van der Waals surface area contributed by atoms with Gasteiger partial charge in [-0.3, -0.25) is 4.98 Å². The van der Waals surface area contributed by atoms with Crippen LogP contribution in [0.25, 0.3) is 11.2 Å². The molecule has 0 aliphatic rings. The van der Waals surface area contributed by atoms with Gasteiger partial charge < -0.3 is 5.32 Å². The van der Waals surface area contributed by atoms with E-state index < -0.39 is 0 Å². The summed E-state index contributed by atoms with van der Waals surface area (Å²) in [5.41, 5.74) is 1.82. The number of rotatable bonds is 7. The third-order valence-electron chi connectivity index (χ3n) is 3.54. The fraction of sp³-hybridized carbons (Fsp3) is 0.562. The molecule has 0 aliphatic heterocycles. The maximum Gasteiger partial charge on any atom is 0.180 e. The fourth-order valence-electron chi connectivity index (χ4n) is 2.22. The molecule has 0 spiro atoms. The van der Waals surface area contributed by atoms with E-state index in [1.807, 2.05) is 12.1 Å². The minimum Gasteiger partial charge on any atom is -0.369 e. The molecular formula is C16H24N4. The van der Waals surface area contributed by atoms with Crippen molar-refractivity contribution in [2.45, 2.75) is 46.5 Å². The molecule has 0 saturated heterocycles. The van der Waals surface area contributed by atoms with Crippen molar-refractivity contribution in [2.24, 2.45) is 5.41 Å². The first-order valence-corrected chi connectivity index (χ1v) is 7.42. The lowest BCUT2D eigenvalue weighted by molar-refractivity contribution is 0.342. The van der Waals surface area contributed by atoms with E-state index in [1.54, 1.807) is 12.4 Å². The lowest BCUT2D eigenvalue weighted by atomic mass is 9.87. The van der Waals surface area contributed by atoms with Crippen LogP contribution in [-0.2, 0) is 0 Å². The van der Waals surface area contributed by atoms with Gasteiger partial charge in [0, 0.05) is 18.9 Å². The molecule has 0 aromatic carbocycles. The van der Waals surface area contributed by atoms with Gasteiger partial charge in [0.05, 0.1) is 0 Å². The Bertz CT molecular complexity index is 551. The van der Waals surface area contributed by atoms with E-state index in [0.29, 0.717) is 5.65 Å². The van der Waals surface area contributed by atoms with Crippen LogP contribution in [0, 0.1) is 5.41 Å². The molecule has 0 unspecified atom stereocenters. The smallest absolute Gasteiger partial charge is 0.180 e. The molecule has 0 radical (unpaired) electrons. The van der Waals surface area contributed by atoms with Crippen molar-refractivity contribution < 1.29 is 0 Å². The van der Waals surface area contributed by atoms with Crippen LogP contribution in [-0.4, -0.2) is 21.5 Å². The Kier molecular flexibility index (Phi) is 4.88. The summed E-state index contributed by atoms with van der Waals surface area (Å²) in [6.07, 6.45) is 8.48. The summed E-state index contributed by atoms with van der Waals surface area (Å²) in [6.45, 7) is 7.77. The topological polar surface area (TPSA) is 50.7 Å². The zero-order chi connectivity index (χ0) is 14.4. The normalized spacial score (nSPS) is 11.8. The van der Waals surface area contributed by atoms with Crippen molar-refractivity contribution in [1.29, 1.82) is 0 Å². The highest BCUT2D eigenvalue weighted by atomic mass is 15.0. The first kappa shape index (κ1) is 14.7. The first-order valence-electron chi connectivity index (χ1n) is 7.42. The van der Waals surface area contributed by atoms with E-state index in [-0.39, 0.29) is 5.41 Å². The van der Waals surface area contributed by atoms with Gasteiger partial charge in [0.25, 0.3) is 0 Å². The molecular weight excluding hydrogens is 248 g/mol. The lowest BCUT2D eigenvalue weighted by Gasteiger charge is -2.25. The molecule has 0 bridgehead atoms. The summed E-state index contributed by atoms with van der Waals surface area (Å²) in [6, 6.07) is 3.93. The fourth-order valence-corrected chi connectivity index (χ4v) is 2.22. The molecule has 4 heteroatoms. The van der Waals surface area contributed by atoms with Crippen LogP contribution in [0.4, 0.5) is 5.82 Å². The molecule has 0 saturated carbocycles. The zero-order valence-corrected chi connectivity index (χ0v) is 12.7. The quantitative estimate of drug-likeness (QED) is 0.773. The lowest BCUT2D eigenvalue weighted by Crippen LogP contribution is -2.23. The van der Waals surface area contributed by atoms with Gasteiger partial charge in [0.2, 0.25) is 0 Å². The summed E-state index contributed by atoms with van der Waals surface area (Å²) in [5, 5.41) is 3.43. The van der Waals surface area contributed by atoms with Crippen LogP contribution < -0.4 is 5.32 Å². The number of aromatic nitrogens is 3. The second kappa shape index (κ2) is 6.64. The number of unbranched alkanes of at least 4 members (excludes halogenated alkanes) is 2. The Morgan fingerprint density at radius 1 is 1.10 bits per heavy atom. The zero-order valence-electron chi connectivity index (χ0n) is 12.7. The van der Waals surface area contributed by atoms with Gasteiger partial charge >= 0.3 is 0 Å². The first-order chi connectivity index (χ1) is 9.61. The van der Waals surface area contributed by atoms with E-state index in [4.69, 9.17) is 0 Å². The molecule has 0 atom stereocenters. The van der Waals surface area contributed by atoms with Gasteiger partial charge in [-0.2, -0.15) is 0 Å². The minimum absolute atomic E-state index is 0.286. The number of pyridine rings is 1. The summed E-state index contributed by atoms with van der Waals surface area (Å²) in [7, 11) is 0. The molecule has 0 aliphatic carbocycles. The van der Waals surface area contributed by atoms with Crippen LogP contribution in [0.1, 0.15) is 46.5 Å². The molecule has 0 fully saturated rings. The second-order valence-electron chi connectivity index (χ2n) is 6.07. The summed E-state index contributed by atoms with van der Waals surface area (Å²) in [5.74, 6) is 0.876. The van der Waals surface area contributed by atoms with E-state index in [1.165, 1.54) is 25.7 Å². The number of nitrogens with one attached hydrogen (secondary N) is 1. The van der Waals surface area contributed by atoms with Crippen molar-refractivity contribution in [3.05, 3.63) is 24.5 Å². The molecule has 20 heavy (non-hydrogen) atoms. The van der Waals surface area contributed by atoms with Gasteiger partial charge in [-0.15, -0.1) is 0 Å². The number of fused-ring (bicyclic) bond motifs is 1. The van der Waals surface area contributed by atoms with Gasteiger partial charge in [-0.25, -0.2) is 9.97 Å². The van der Waals surface area contributed by atoms with Gasteiger partial charge in [0.15, 0.2) is 5.65 Å². The van der Waals surface area contributed by atoms with E-state index >= 15 is 0 Å². The third kappa shape index (κ3) is 4.15. The SMILES string of the molecule is CCCCCC(C)(C)CNc1ccc2nccnc2n1. The Labute approximate surface area is 121 Å². The molecule has 2 heterocycles. The van der Waals surface area contributed by atoms with Crippen molar-refractivity contribution in [1.82, 2.24) is 15.0 Å². The predicted molar refractivity (Wildman–Crippen MR) is 83.7 cm³/mol. The Hall–Kier alpha value is -1.71. The highest BCUT2D eigenvalue weighted by Gasteiger charge is 2.17. The van der Waals surface area contributed by atoms with E-state index in [9.17, 15) is 0 Å². The molecule has 108 valence electrons. The summed E-state index contributed by atoms with van der Waals surface area (Å²) in [4.78, 5) is 13.0. The van der Waals surface area contributed by atoms with Crippen LogP contribution in [0.3, 0.4) is 0 Å². The highest BCUT2D eigenvalue weighted by molar-refractivity contribution is 5.71. The number of anilines is 1. The van der Waals surface area contributed by atoms with E-state index in [2.05, 4.69) is 41.0 Å². The average Bonchev–Trinajstić information content (AvgIpc) is 2.45. The minimum atomic E-state index is 0.286. The summed E-state index contributed by atoms with van der Waals surface area (Å²) >= 11 is 0. The predicted octanol–water partition coefficient (Wildman–Crippen LogP) is 4.04. The van der Waals surface area contributed by atoms with Crippen LogP contribution >= 0.6 is 0 Å². The van der Waals surface area contributed by atoms with Gasteiger partial charge in [0.1, 0.15) is 11.3 Å². The molecule has 2 aromatic rings. The monoisotopic (exact) mass is 272 g/mol. The third-order valence-corrected chi connectivity index (χ3v) is 3.54.